The smallest absolute Gasteiger partial charge is 0.0656 e. The van der Waals surface area contributed by atoms with E-state index in [0.29, 0.717) is 33.2 Å². The molecule has 0 aliphatic heterocycles. The van der Waals surface area contributed by atoms with Crippen LogP contribution in [0, 0.1) is 0 Å². The summed E-state index contributed by atoms with van der Waals surface area (Å²) in [4.78, 5) is 3.93. The lowest BCUT2D eigenvalue weighted by molar-refractivity contribution is 0.399. The predicted octanol–water partition coefficient (Wildman–Crippen LogP) is 5.27. The van der Waals surface area contributed by atoms with E-state index in [-0.39, 0.29) is 24.8 Å². The third-order valence-corrected chi connectivity index (χ3v) is 4.26. The van der Waals surface area contributed by atoms with Gasteiger partial charge in [-0.3, -0.25) is 0 Å². The molecule has 0 N–H and O–H groups in total. The van der Waals surface area contributed by atoms with Gasteiger partial charge in [-0.15, -0.1) is 24.8 Å². The molecule has 0 saturated heterocycles. The van der Waals surface area contributed by atoms with Crippen molar-refractivity contribution in [3.63, 3.8) is 0 Å². The quantitative estimate of drug-likeness (QED) is 0.633. The zero-order valence-electron chi connectivity index (χ0n) is 11.6. The van der Waals surface area contributed by atoms with Gasteiger partial charge in [0.25, 0.3) is 0 Å². The van der Waals surface area contributed by atoms with Crippen LogP contribution in [0.4, 0.5) is 0 Å². The summed E-state index contributed by atoms with van der Waals surface area (Å²) in [7, 11) is 7.73. The normalized spacial score (nSPS) is 10.5. The minimum Gasteiger partial charge on any atom is -0.305 e. The molecule has 0 saturated carbocycles. The average molecular weight is 403 g/mol. The van der Waals surface area contributed by atoms with Crippen molar-refractivity contribution < 1.29 is 0 Å². The molecule has 1 rings (SSSR count). The molecule has 0 atom stereocenters. The van der Waals surface area contributed by atoms with Gasteiger partial charge in [0.05, 0.1) is 20.1 Å². The highest BCUT2D eigenvalue weighted by Crippen LogP contribution is 2.41. The van der Waals surface area contributed by atoms with Gasteiger partial charge >= 0.3 is 0 Å². The van der Waals surface area contributed by atoms with Crippen LogP contribution in [0.1, 0.15) is 11.1 Å². The molecule has 0 unspecified atom stereocenters. The van der Waals surface area contributed by atoms with Crippen molar-refractivity contribution >= 4 is 71.2 Å². The number of rotatable bonds is 4. The molecule has 0 spiro atoms. The van der Waals surface area contributed by atoms with Crippen LogP contribution in [-0.2, 0) is 13.1 Å². The summed E-state index contributed by atoms with van der Waals surface area (Å²) in [6, 6.07) is 0. The Kier molecular flexibility index (Phi) is 11.4. The van der Waals surface area contributed by atoms with Crippen LogP contribution >= 0.6 is 71.2 Å². The fourth-order valence-electron chi connectivity index (χ4n) is 1.63. The van der Waals surface area contributed by atoms with E-state index in [1.807, 2.05) is 38.0 Å². The summed E-state index contributed by atoms with van der Waals surface area (Å²) in [6.45, 7) is 1.19. The Morgan fingerprint density at radius 2 is 0.800 bits per heavy atom. The number of hydrogen-bond acceptors (Lipinski definition) is 2. The van der Waals surface area contributed by atoms with Crippen molar-refractivity contribution in [2.24, 2.45) is 0 Å². The molecular formula is C12H18Cl6N2. The van der Waals surface area contributed by atoms with E-state index < -0.39 is 0 Å². The molecular weight excluding hydrogens is 385 g/mol. The summed E-state index contributed by atoms with van der Waals surface area (Å²) in [6.07, 6.45) is 0. The van der Waals surface area contributed by atoms with E-state index in [4.69, 9.17) is 46.4 Å². The fourth-order valence-corrected chi connectivity index (χ4v) is 2.80. The van der Waals surface area contributed by atoms with Crippen molar-refractivity contribution in [3.8, 4) is 0 Å². The Morgan fingerprint density at radius 3 is 0.950 bits per heavy atom. The molecule has 0 aliphatic carbocycles. The highest BCUT2D eigenvalue weighted by molar-refractivity contribution is 6.48. The van der Waals surface area contributed by atoms with Gasteiger partial charge in [-0.25, -0.2) is 0 Å². The molecule has 20 heavy (non-hydrogen) atoms. The SMILES string of the molecule is CN(C)Cc1c(Cl)c(Cl)c(CN(C)C)c(Cl)c1Cl.Cl.Cl. The van der Waals surface area contributed by atoms with Crippen LogP contribution in [0.2, 0.25) is 20.1 Å². The summed E-state index contributed by atoms with van der Waals surface area (Å²) < 4.78 is 0. The average Bonchev–Trinajstić information content (AvgIpc) is 2.27. The first-order chi connectivity index (χ1) is 8.25. The molecule has 0 bridgehead atoms. The molecule has 0 aliphatic rings. The largest absolute Gasteiger partial charge is 0.305 e. The third-order valence-electron chi connectivity index (χ3n) is 2.39. The van der Waals surface area contributed by atoms with E-state index in [1.54, 1.807) is 0 Å². The zero-order chi connectivity index (χ0) is 14.0. The van der Waals surface area contributed by atoms with Gasteiger partial charge < -0.3 is 9.80 Å². The molecule has 1 aromatic carbocycles. The first kappa shape index (κ1) is 23.2. The Hall–Kier alpha value is 0.880. The lowest BCUT2D eigenvalue weighted by atomic mass is 10.1. The van der Waals surface area contributed by atoms with Gasteiger partial charge in [0.15, 0.2) is 0 Å². The Labute approximate surface area is 153 Å². The first-order valence-electron chi connectivity index (χ1n) is 5.38. The number of hydrogen-bond donors (Lipinski definition) is 0. The second-order valence-electron chi connectivity index (χ2n) is 4.69. The number of halogens is 6. The van der Waals surface area contributed by atoms with Gasteiger partial charge in [-0.1, -0.05) is 46.4 Å². The van der Waals surface area contributed by atoms with Gasteiger partial charge in [0.1, 0.15) is 0 Å². The Balaban J connectivity index is 0. The van der Waals surface area contributed by atoms with Gasteiger partial charge in [0, 0.05) is 24.2 Å². The van der Waals surface area contributed by atoms with E-state index in [9.17, 15) is 0 Å². The molecule has 118 valence electrons. The highest BCUT2D eigenvalue weighted by atomic mass is 35.5. The second-order valence-corrected chi connectivity index (χ2v) is 6.20. The Bertz CT molecular complexity index is 378. The van der Waals surface area contributed by atoms with Crippen molar-refractivity contribution in [1.82, 2.24) is 9.80 Å². The van der Waals surface area contributed by atoms with Crippen LogP contribution in [0.15, 0.2) is 0 Å². The minimum absolute atomic E-state index is 0. The van der Waals surface area contributed by atoms with Gasteiger partial charge in [-0.05, 0) is 28.2 Å². The summed E-state index contributed by atoms with van der Waals surface area (Å²) in [5, 5.41) is 1.93. The number of benzene rings is 1. The van der Waals surface area contributed by atoms with Gasteiger partial charge in [0.2, 0.25) is 0 Å². The molecule has 2 nitrogen and oxygen atoms in total. The molecule has 0 radical (unpaired) electrons. The van der Waals surface area contributed by atoms with Crippen LogP contribution in [0.3, 0.4) is 0 Å². The third kappa shape index (κ3) is 5.58. The van der Waals surface area contributed by atoms with Crippen LogP contribution in [0.5, 0.6) is 0 Å². The van der Waals surface area contributed by atoms with Crippen molar-refractivity contribution in [2.75, 3.05) is 28.2 Å². The maximum atomic E-state index is 6.28. The molecule has 0 heterocycles. The lowest BCUT2D eigenvalue weighted by Crippen LogP contribution is -2.14. The predicted molar refractivity (Wildman–Crippen MR) is 95.8 cm³/mol. The topological polar surface area (TPSA) is 6.48 Å². The highest BCUT2D eigenvalue weighted by Gasteiger charge is 2.20. The lowest BCUT2D eigenvalue weighted by Gasteiger charge is -2.20. The molecule has 1 aromatic rings. The summed E-state index contributed by atoms with van der Waals surface area (Å²) in [5.41, 5.74) is 1.53. The van der Waals surface area contributed by atoms with Crippen molar-refractivity contribution in [1.29, 1.82) is 0 Å². The molecule has 0 amide bonds. The monoisotopic (exact) mass is 400 g/mol. The van der Waals surface area contributed by atoms with E-state index >= 15 is 0 Å². The fraction of sp³-hybridized carbons (Fsp3) is 0.500. The van der Waals surface area contributed by atoms with Crippen molar-refractivity contribution in [2.45, 2.75) is 13.1 Å². The van der Waals surface area contributed by atoms with E-state index in [0.717, 1.165) is 11.1 Å². The molecule has 0 fully saturated rings. The minimum atomic E-state index is 0. The maximum Gasteiger partial charge on any atom is 0.0656 e. The zero-order valence-corrected chi connectivity index (χ0v) is 16.3. The standard InChI is InChI=1S/C12H16Cl4N2.2ClH/c1-17(2)5-7-9(13)11(15)8(6-18(3)4)12(16)10(7)14;;/h5-6H2,1-4H3;2*1H. The first-order valence-corrected chi connectivity index (χ1v) is 6.90. The Morgan fingerprint density at radius 1 is 0.600 bits per heavy atom. The molecule has 0 aromatic heterocycles. The van der Waals surface area contributed by atoms with E-state index in [2.05, 4.69) is 0 Å². The number of nitrogens with zero attached hydrogens (tertiary/aromatic N) is 2. The van der Waals surface area contributed by atoms with Crippen LogP contribution in [0.25, 0.3) is 0 Å². The van der Waals surface area contributed by atoms with E-state index in [1.165, 1.54) is 0 Å². The second kappa shape index (κ2) is 9.81. The van der Waals surface area contributed by atoms with Gasteiger partial charge in [-0.2, -0.15) is 0 Å². The van der Waals surface area contributed by atoms with Crippen molar-refractivity contribution in [3.05, 3.63) is 31.2 Å². The summed E-state index contributed by atoms with van der Waals surface area (Å²) in [5.74, 6) is 0. The van der Waals surface area contributed by atoms with Crippen LogP contribution < -0.4 is 0 Å². The maximum absolute atomic E-state index is 6.28. The van der Waals surface area contributed by atoms with Crippen LogP contribution in [-0.4, -0.2) is 38.0 Å². The summed E-state index contributed by atoms with van der Waals surface area (Å²) >= 11 is 25.1. The molecule has 8 heteroatoms.